The molecule has 88 valence electrons. The number of rotatable bonds is 6. The van der Waals surface area contributed by atoms with E-state index in [0.29, 0.717) is 0 Å². The zero-order chi connectivity index (χ0) is 11.1. The van der Waals surface area contributed by atoms with Crippen LogP contribution in [0.1, 0.15) is 39.0 Å². The van der Waals surface area contributed by atoms with Gasteiger partial charge < -0.3 is 15.4 Å². The molecule has 0 spiro atoms. The lowest BCUT2D eigenvalue weighted by Gasteiger charge is -2.40. The lowest BCUT2D eigenvalue weighted by Crippen LogP contribution is -2.51. The van der Waals surface area contributed by atoms with E-state index < -0.39 is 0 Å². The van der Waals surface area contributed by atoms with E-state index >= 15 is 0 Å². The topological polar surface area (TPSA) is 33.3 Å². The Morgan fingerprint density at radius 2 is 2.13 bits per heavy atom. The van der Waals surface area contributed by atoms with Crippen LogP contribution in [0.15, 0.2) is 0 Å². The van der Waals surface area contributed by atoms with Crippen LogP contribution in [0.4, 0.5) is 0 Å². The van der Waals surface area contributed by atoms with Crippen LogP contribution >= 0.6 is 12.2 Å². The summed E-state index contributed by atoms with van der Waals surface area (Å²) in [5, 5.41) is 7.18. The Morgan fingerprint density at radius 3 is 2.60 bits per heavy atom. The third kappa shape index (κ3) is 3.95. The van der Waals surface area contributed by atoms with E-state index in [1.807, 2.05) is 0 Å². The first-order valence-electron chi connectivity index (χ1n) is 5.79. The van der Waals surface area contributed by atoms with Crippen molar-refractivity contribution in [2.45, 2.75) is 44.6 Å². The molecule has 0 unspecified atom stereocenters. The average Bonchev–Trinajstić information content (AvgIpc) is 2.17. The maximum Gasteiger partial charge on any atom is 0.166 e. The summed E-state index contributed by atoms with van der Waals surface area (Å²) in [7, 11) is 1.79. The van der Waals surface area contributed by atoms with Crippen molar-refractivity contribution in [3.63, 3.8) is 0 Å². The minimum Gasteiger partial charge on any atom is -0.376 e. The fourth-order valence-corrected chi connectivity index (χ4v) is 1.88. The molecule has 0 radical (unpaired) electrons. The van der Waals surface area contributed by atoms with Gasteiger partial charge in [0.2, 0.25) is 0 Å². The monoisotopic (exact) mass is 230 g/mol. The lowest BCUT2D eigenvalue weighted by molar-refractivity contribution is -0.0665. The molecule has 1 fully saturated rings. The van der Waals surface area contributed by atoms with E-state index in [4.69, 9.17) is 17.0 Å². The second-order valence-electron chi connectivity index (χ2n) is 4.20. The van der Waals surface area contributed by atoms with Gasteiger partial charge in [0, 0.05) is 20.2 Å². The first kappa shape index (κ1) is 12.7. The molecule has 2 N–H and O–H groups in total. The number of thiocarbonyl (C=S) groups is 1. The van der Waals surface area contributed by atoms with Gasteiger partial charge in [0.1, 0.15) is 0 Å². The van der Waals surface area contributed by atoms with Crippen molar-refractivity contribution in [1.29, 1.82) is 0 Å². The van der Waals surface area contributed by atoms with Gasteiger partial charge in [-0.2, -0.15) is 0 Å². The van der Waals surface area contributed by atoms with Crippen molar-refractivity contribution in [3.8, 4) is 0 Å². The number of methoxy groups -OCH3 is 1. The van der Waals surface area contributed by atoms with Gasteiger partial charge in [-0.05, 0) is 37.9 Å². The van der Waals surface area contributed by atoms with E-state index in [-0.39, 0.29) is 5.60 Å². The van der Waals surface area contributed by atoms with Crippen molar-refractivity contribution in [2.24, 2.45) is 0 Å². The number of hydrogen-bond donors (Lipinski definition) is 2. The molecule has 0 aromatic heterocycles. The van der Waals surface area contributed by atoms with E-state index in [1.54, 1.807) is 7.11 Å². The summed E-state index contributed by atoms with van der Waals surface area (Å²) in [6, 6.07) is 0. The molecule has 0 heterocycles. The van der Waals surface area contributed by atoms with Gasteiger partial charge in [-0.1, -0.05) is 13.3 Å². The summed E-state index contributed by atoms with van der Waals surface area (Å²) in [5.41, 5.74) is 0.0521. The zero-order valence-electron chi connectivity index (χ0n) is 9.77. The van der Waals surface area contributed by atoms with Crippen molar-refractivity contribution in [1.82, 2.24) is 10.6 Å². The minimum atomic E-state index is 0.0521. The van der Waals surface area contributed by atoms with E-state index in [0.717, 1.165) is 37.5 Å². The highest BCUT2D eigenvalue weighted by Crippen LogP contribution is 2.34. The van der Waals surface area contributed by atoms with Crippen LogP contribution in [-0.2, 0) is 4.74 Å². The van der Waals surface area contributed by atoms with Crippen LogP contribution in [0.2, 0.25) is 0 Å². The number of unbranched alkanes of at least 4 members (excludes halogenated alkanes) is 1. The van der Waals surface area contributed by atoms with Gasteiger partial charge in [-0.15, -0.1) is 0 Å². The normalized spacial score (nSPS) is 18.0. The summed E-state index contributed by atoms with van der Waals surface area (Å²) in [6.07, 6.45) is 5.92. The summed E-state index contributed by atoms with van der Waals surface area (Å²) in [6.45, 7) is 3.97. The molecular formula is C11H22N2OS. The van der Waals surface area contributed by atoms with Gasteiger partial charge in [-0.25, -0.2) is 0 Å². The van der Waals surface area contributed by atoms with Crippen LogP contribution < -0.4 is 10.6 Å². The molecule has 0 aromatic carbocycles. The molecule has 0 saturated heterocycles. The Bertz CT molecular complexity index is 199. The van der Waals surface area contributed by atoms with Gasteiger partial charge in [0.15, 0.2) is 5.11 Å². The van der Waals surface area contributed by atoms with Crippen LogP contribution in [0.25, 0.3) is 0 Å². The fourth-order valence-electron chi connectivity index (χ4n) is 1.71. The third-order valence-electron chi connectivity index (χ3n) is 3.08. The minimum absolute atomic E-state index is 0.0521. The molecule has 0 bridgehead atoms. The molecule has 3 nitrogen and oxygen atoms in total. The van der Waals surface area contributed by atoms with Gasteiger partial charge in [0.05, 0.1) is 5.60 Å². The standard InChI is InChI=1S/C11H22N2OS/c1-3-4-8-12-10(15)13-9-11(14-2)6-5-7-11/h3-9H2,1-2H3,(H2,12,13,15). The molecule has 0 aliphatic heterocycles. The molecule has 1 saturated carbocycles. The Kier molecular flexibility index (Phi) is 5.32. The molecule has 0 amide bonds. The van der Waals surface area contributed by atoms with Crippen LogP contribution in [-0.4, -0.2) is 30.9 Å². The molecule has 4 heteroatoms. The molecule has 1 rings (SSSR count). The number of ether oxygens (including phenoxy) is 1. The quantitative estimate of drug-likeness (QED) is 0.539. The maximum atomic E-state index is 5.50. The highest BCUT2D eigenvalue weighted by molar-refractivity contribution is 7.80. The smallest absolute Gasteiger partial charge is 0.166 e. The summed E-state index contributed by atoms with van der Waals surface area (Å²) >= 11 is 5.18. The second-order valence-corrected chi connectivity index (χ2v) is 4.61. The van der Waals surface area contributed by atoms with Crippen LogP contribution in [0.5, 0.6) is 0 Å². The first-order valence-corrected chi connectivity index (χ1v) is 6.20. The number of nitrogens with one attached hydrogen (secondary N) is 2. The zero-order valence-corrected chi connectivity index (χ0v) is 10.6. The molecule has 0 atom stereocenters. The van der Waals surface area contributed by atoms with Gasteiger partial charge in [-0.3, -0.25) is 0 Å². The molecule has 0 aromatic rings. The average molecular weight is 230 g/mol. The summed E-state index contributed by atoms with van der Waals surface area (Å²) in [4.78, 5) is 0. The van der Waals surface area contributed by atoms with Gasteiger partial charge in [0.25, 0.3) is 0 Å². The molecule has 15 heavy (non-hydrogen) atoms. The SMILES string of the molecule is CCCCNC(=S)NCC1(OC)CCC1. The van der Waals surface area contributed by atoms with E-state index in [2.05, 4.69) is 17.6 Å². The Labute approximate surface area is 98.0 Å². The summed E-state index contributed by atoms with van der Waals surface area (Å²) < 4.78 is 5.50. The third-order valence-corrected chi connectivity index (χ3v) is 3.37. The molecule has 1 aliphatic rings. The van der Waals surface area contributed by atoms with Crippen molar-refractivity contribution in [3.05, 3.63) is 0 Å². The Balaban J connectivity index is 2.10. The van der Waals surface area contributed by atoms with Crippen LogP contribution in [0.3, 0.4) is 0 Å². The lowest BCUT2D eigenvalue weighted by atomic mass is 9.80. The predicted octanol–water partition coefficient (Wildman–Crippen LogP) is 1.82. The van der Waals surface area contributed by atoms with Crippen molar-refractivity contribution < 1.29 is 4.74 Å². The highest BCUT2D eigenvalue weighted by Gasteiger charge is 2.36. The summed E-state index contributed by atoms with van der Waals surface area (Å²) in [5.74, 6) is 0. The highest BCUT2D eigenvalue weighted by atomic mass is 32.1. The van der Waals surface area contributed by atoms with Crippen molar-refractivity contribution >= 4 is 17.3 Å². The Hall–Kier alpha value is -0.350. The van der Waals surface area contributed by atoms with Crippen molar-refractivity contribution in [2.75, 3.05) is 20.2 Å². The van der Waals surface area contributed by atoms with E-state index in [1.165, 1.54) is 12.8 Å². The van der Waals surface area contributed by atoms with Crippen LogP contribution in [0, 0.1) is 0 Å². The predicted molar refractivity (Wildman–Crippen MR) is 67.1 cm³/mol. The van der Waals surface area contributed by atoms with E-state index in [9.17, 15) is 0 Å². The number of hydrogen-bond acceptors (Lipinski definition) is 2. The second kappa shape index (κ2) is 6.28. The largest absolute Gasteiger partial charge is 0.376 e. The Morgan fingerprint density at radius 1 is 1.40 bits per heavy atom. The maximum absolute atomic E-state index is 5.50. The fraction of sp³-hybridized carbons (Fsp3) is 0.909. The van der Waals surface area contributed by atoms with Gasteiger partial charge >= 0.3 is 0 Å². The molecule has 1 aliphatic carbocycles. The molecular weight excluding hydrogens is 208 g/mol. The first-order chi connectivity index (χ1) is 7.22.